The summed E-state index contributed by atoms with van der Waals surface area (Å²) in [6, 6.07) is 4.53. The number of ether oxygens (including phenoxy) is 1. The lowest BCUT2D eigenvalue weighted by atomic mass is 10.1. The summed E-state index contributed by atoms with van der Waals surface area (Å²) in [4.78, 5) is 19.9. The van der Waals surface area contributed by atoms with E-state index in [1.165, 1.54) is 31.3 Å². The highest BCUT2D eigenvalue weighted by molar-refractivity contribution is 7.88. The molecule has 0 N–H and O–H groups in total. The molecule has 0 aromatic carbocycles. The third kappa shape index (κ3) is 4.85. The molecule has 0 bridgehead atoms. The van der Waals surface area contributed by atoms with Gasteiger partial charge < -0.3 is 8.92 Å². The average Bonchev–Trinajstić information content (AvgIpc) is 2.72. The lowest BCUT2D eigenvalue weighted by molar-refractivity contribution is -0.382. The molecule has 2 rings (SSSR count). The van der Waals surface area contributed by atoms with Crippen molar-refractivity contribution in [1.29, 1.82) is 0 Å². The van der Waals surface area contributed by atoms with E-state index in [-0.39, 0.29) is 18.0 Å². The first-order valence-corrected chi connectivity index (χ1v) is 10.5. The zero-order valence-electron chi connectivity index (χ0n) is 17.3. The van der Waals surface area contributed by atoms with E-state index in [0.29, 0.717) is 6.07 Å². The number of aryl methyl sites for hydroxylation is 1. The normalized spacial score (nSPS) is 13.5. The molecule has 7 nitrogen and oxygen atoms in total. The van der Waals surface area contributed by atoms with Gasteiger partial charge in [-0.25, -0.2) is 4.79 Å². The van der Waals surface area contributed by atoms with Gasteiger partial charge in [0.15, 0.2) is 5.75 Å². The van der Waals surface area contributed by atoms with E-state index in [2.05, 4.69) is 18.9 Å². The van der Waals surface area contributed by atoms with Crippen LogP contribution in [0.1, 0.15) is 23.0 Å². The zero-order valence-corrected chi connectivity index (χ0v) is 18.2. The molecular formula is C18H13F9N2O5S. The molecule has 0 radical (unpaired) electrons. The fourth-order valence-electron chi connectivity index (χ4n) is 2.49. The van der Waals surface area contributed by atoms with Crippen LogP contribution in [0.25, 0.3) is 11.4 Å². The van der Waals surface area contributed by atoms with Crippen LogP contribution in [0.4, 0.5) is 39.5 Å². The van der Waals surface area contributed by atoms with Crippen molar-refractivity contribution in [3.05, 3.63) is 41.7 Å². The maximum absolute atomic E-state index is 14.1. The summed E-state index contributed by atoms with van der Waals surface area (Å²) >= 11 is 0. The first-order valence-electron chi connectivity index (χ1n) is 9.06. The van der Waals surface area contributed by atoms with Crippen molar-refractivity contribution in [3.8, 4) is 17.1 Å². The fourth-order valence-corrected chi connectivity index (χ4v) is 3.41. The molecule has 0 aliphatic rings. The Kier molecular flexibility index (Phi) is 7.36. The summed E-state index contributed by atoms with van der Waals surface area (Å²) in [5, 5.41) is -7.13. The number of hydrogen-bond acceptors (Lipinski definition) is 7. The van der Waals surface area contributed by atoms with Crippen LogP contribution in [-0.4, -0.2) is 54.2 Å². The molecule has 0 amide bonds. The van der Waals surface area contributed by atoms with Crippen molar-refractivity contribution in [2.45, 2.75) is 37.1 Å². The molecule has 194 valence electrons. The third-order valence-corrected chi connectivity index (χ3v) is 5.48. The predicted octanol–water partition coefficient (Wildman–Crippen LogP) is 4.76. The van der Waals surface area contributed by atoms with Gasteiger partial charge >= 0.3 is 39.4 Å². The fraction of sp³-hybridized carbons (Fsp3) is 0.389. The van der Waals surface area contributed by atoms with Crippen LogP contribution >= 0.6 is 0 Å². The monoisotopic (exact) mass is 540 g/mol. The van der Waals surface area contributed by atoms with E-state index < -0.39 is 56.4 Å². The highest BCUT2D eigenvalue weighted by Gasteiger charge is 2.86. The molecule has 2 heterocycles. The summed E-state index contributed by atoms with van der Waals surface area (Å²) < 4.78 is 151. The van der Waals surface area contributed by atoms with Crippen molar-refractivity contribution >= 4 is 16.1 Å². The van der Waals surface area contributed by atoms with E-state index in [9.17, 15) is 52.7 Å². The smallest absolute Gasteiger partial charge is 0.460 e. The van der Waals surface area contributed by atoms with Crippen LogP contribution in [0.15, 0.2) is 30.5 Å². The van der Waals surface area contributed by atoms with Crippen LogP contribution in [0.5, 0.6) is 5.75 Å². The van der Waals surface area contributed by atoms with Gasteiger partial charge in [-0.05, 0) is 26.0 Å². The number of halogens is 9. The van der Waals surface area contributed by atoms with Crippen LogP contribution in [-0.2, 0) is 14.9 Å². The number of pyridine rings is 2. The Morgan fingerprint density at radius 3 is 2.06 bits per heavy atom. The van der Waals surface area contributed by atoms with Gasteiger partial charge in [-0.1, -0.05) is 6.07 Å². The van der Waals surface area contributed by atoms with Crippen molar-refractivity contribution in [2.75, 3.05) is 6.61 Å². The number of aromatic nitrogens is 2. The van der Waals surface area contributed by atoms with Gasteiger partial charge in [0.05, 0.1) is 23.7 Å². The molecule has 17 heteroatoms. The van der Waals surface area contributed by atoms with Gasteiger partial charge in [0.2, 0.25) is 0 Å². The van der Waals surface area contributed by atoms with Crippen LogP contribution in [0, 0.1) is 6.92 Å². The number of hydrogen-bond donors (Lipinski definition) is 0. The largest absolute Gasteiger partial charge is 0.462 e. The maximum atomic E-state index is 14.1. The standard InChI is InChI=1S/C18H13F9N2O5S/c1-3-33-14(30)13-9(2)29-11(10-6-4-5-7-28-10)8-12(13)34-35(31,32)18(26,27)16(21,22)15(19,20)17(23,24)25/h4-8H,3H2,1-2H3. The Morgan fingerprint density at radius 1 is 0.971 bits per heavy atom. The van der Waals surface area contributed by atoms with Crippen LogP contribution in [0.2, 0.25) is 0 Å². The van der Waals surface area contributed by atoms with Gasteiger partial charge in [0.1, 0.15) is 5.56 Å². The van der Waals surface area contributed by atoms with Gasteiger partial charge in [0.25, 0.3) is 0 Å². The number of nitrogens with zero attached hydrogens (tertiary/aromatic N) is 2. The molecule has 0 spiro atoms. The first kappa shape index (κ1) is 28.1. The van der Waals surface area contributed by atoms with Crippen LogP contribution < -0.4 is 4.18 Å². The Bertz CT molecular complexity index is 1200. The number of alkyl halides is 9. The second-order valence-corrected chi connectivity index (χ2v) is 8.19. The Morgan fingerprint density at radius 2 is 1.57 bits per heavy atom. The summed E-state index contributed by atoms with van der Waals surface area (Å²) in [5.41, 5.74) is -1.91. The minimum atomic E-state index is -7.52. The summed E-state index contributed by atoms with van der Waals surface area (Å²) in [6.45, 7) is 1.93. The Labute approximate surface area is 191 Å². The molecule has 2 aromatic heterocycles. The number of rotatable bonds is 8. The quantitative estimate of drug-likeness (QED) is 0.271. The molecule has 35 heavy (non-hydrogen) atoms. The van der Waals surface area contributed by atoms with Crippen molar-refractivity contribution < 1.29 is 61.6 Å². The SMILES string of the molecule is CCOC(=O)c1c(OS(=O)(=O)C(F)(F)C(F)(F)C(F)(F)C(F)(F)F)cc(-c2ccccn2)nc1C. The molecule has 0 saturated heterocycles. The predicted molar refractivity (Wildman–Crippen MR) is 98.6 cm³/mol. The molecule has 0 fully saturated rings. The van der Waals surface area contributed by atoms with Gasteiger partial charge in [0, 0.05) is 12.3 Å². The summed E-state index contributed by atoms with van der Waals surface area (Å²) in [7, 11) is -7.32. The van der Waals surface area contributed by atoms with Crippen molar-refractivity contribution in [3.63, 3.8) is 0 Å². The lowest BCUT2D eigenvalue weighted by Crippen LogP contribution is -2.63. The number of esters is 1. The van der Waals surface area contributed by atoms with Crippen LogP contribution in [0.3, 0.4) is 0 Å². The van der Waals surface area contributed by atoms with Gasteiger partial charge in [-0.15, -0.1) is 0 Å². The summed E-state index contributed by atoms with van der Waals surface area (Å²) in [5.74, 6) is -17.9. The van der Waals surface area contributed by atoms with Gasteiger partial charge in [-0.3, -0.25) is 9.97 Å². The zero-order chi connectivity index (χ0) is 27.0. The van der Waals surface area contributed by atoms with E-state index in [1.807, 2.05) is 0 Å². The highest BCUT2D eigenvalue weighted by atomic mass is 32.2. The third-order valence-electron chi connectivity index (χ3n) is 4.20. The van der Waals surface area contributed by atoms with E-state index in [4.69, 9.17) is 0 Å². The Hall–Kier alpha value is -3.11. The van der Waals surface area contributed by atoms with E-state index in [0.717, 1.165) is 6.92 Å². The molecule has 0 aliphatic carbocycles. The van der Waals surface area contributed by atoms with E-state index >= 15 is 0 Å². The maximum Gasteiger partial charge on any atom is 0.460 e. The minimum Gasteiger partial charge on any atom is -0.462 e. The topological polar surface area (TPSA) is 95.5 Å². The van der Waals surface area contributed by atoms with Gasteiger partial charge in [-0.2, -0.15) is 47.9 Å². The molecule has 0 aliphatic heterocycles. The second-order valence-electron chi connectivity index (χ2n) is 6.60. The van der Waals surface area contributed by atoms with Crippen molar-refractivity contribution in [1.82, 2.24) is 9.97 Å². The molecule has 0 saturated carbocycles. The average molecular weight is 540 g/mol. The lowest BCUT2D eigenvalue weighted by Gasteiger charge is -2.32. The molecule has 2 aromatic rings. The highest BCUT2D eigenvalue weighted by Crippen LogP contribution is 2.55. The minimum absolute atomic E-state index is 0.0750. The van der Waals surface area contributed by atoms with E-state index in [1.54, 1.807) is 0 Å². The summed E-state index contributed by atoms with van der Waals surface area (Å²) in [6.07, 6.45) is -6.05. The molecular weight excluding hydrogens is 527 g/mol. The number of carbonyl (C=O) groups is 1. The first-order chi connectivity index (χ1) is 15.8. The second kappa shape index (κ2) is 9.16. The molecule has 0 atom stereocenters. The number of carbonyl (C=O) groups excluding carboxylic acids is 1. The van der Waals surface area contributed by atoms with Crippen molar-refractivity contribution in [2.24, 2.45) is 0 Å². The molecule has 0 unspecified atom stereocenters. The Balaban J connectivity index is 2.71.